The molecule has 7 aromatic rings. The Hall–Kier alpha value is -9.31. The van der Waals surface area contributed by atoms with E-state index in [1.807, 2.05) is 29.3 Å². The van der Waals surface area contributed by atoms with Gasteiger partial charge in [-0.2, -0.15) is 8.78 Å². The van der Waals surface area contributed by atoms with Gasteiger partial charge in [0.1, 0.15) is 5.69 Å². The summed E-state index contributed by atoms with van der Waals surface area (Å²) in [6.07, 6.45) is 3.38. The zero-order chi connectivity index (χ0) is 57.4. The minimum absolute atomic E-state index is 0. The smallest absolute Gasteiger partial charge is 0.870 e. The number of aromatic carboxylic acids is 2. The predicted octanol–water partition coefficient (Wildman–Crippen LogP) is 4.04. The molecule has 0 bridgehead atoms. The van der Waals surface area contributed by atoms with Crippen LogP contribution in [0.3, 0.4) is 0 Å². The van der Waals surface area contributed by atoms with Crippen LogP contribution in [-0.4, -0.2) is 136 Å². The Morgan fingerprint density at radius 2 is 0.846 bits per heavy atom. The van der Waals surface area contributed by atoms with Gasteiger partial charge in [-0.15, -0.1) is 0 Å². The van der Waals surface area contributed by atoms with Gasteiger partial charge in [-0.1, -0.05) is 0 Å². The number of nitrogens with zero attached hydrogens (tertiary/aromatic N) is 7. The van der Waals surface area contributed by atoms with Gasteiger partial charge in [-0.05, 0) is 72.8 Å². The minimum Gasteiger partial charge on any atom is -0.870 e. The van der Waals surface area contributed by atoms with Crippen molar-refractivity contribution in [1.82, 2.24) is 19.1 Å². The number of halogens is 2. The molecule has 4 N–H and O–H groups in total. The van der Waals surface area contributed by atoms with Gasteiger partial charge in [-0.25, -0.2) is 33.9 Å². The SMILES string of the molecule is CNc1ccc(C(=O)OC)cc1[N+](=O)[O-].COC(=O)c1ccc(F)c([N+](=O)[O-])c1.COC(=O)c1ccc2c(c1)ncn2C.COC(OC)OC.Cn1cnc2cc(C(=O)O)ccc21.O=C(O)c1ccc(F)c([N+](=O)[O-])c1.[Li+].[OH-]. The van der Waals surface area contributed by atoms with Crippen LogP contribution < -0.4 is 24.2 Å². The summed E-state index contributed by atoms with van der Waals surface area (Å²) in [5, 5.41) is 50.9. The van der Waals surface area contributed by atoms with E-state index in [0.29, 0.717) is 22.8 Å². The number of fused-ring (bicyclic) bond motifs is 2. The topological polar surface area (TPSA) is 388 Å². The molecule has 0 saturated heterocycles. The van der Waals surface area contributed by atoms with Gasteiger partial charge in [0.25, 0.3) is 12.2 Å². The number of carboxylic acids is 2. The summed E-state index contributed by atoms with van der Waals surface area (Å²) < 4.78 is 56.4. The third-order valence-electron chi connectivity index (χ3n) is 9.53. The number of aromatic nitrogens is 4. The summed E-state index contributed by atoms with van der Waals surface area (Å²) in [6, 6.07) is 19.5. The molecule has 5 aromatic carbocycles. The number of nitrogens with one attached hydrogen (secondary N) is 1. The fourth-order valence-corrected chi connectivity index (χ4v) is 5.76. The van der Waals surface area contributed by atoms with E-state index in [-0.39, 0.29) is 58.2 Å². The van der Waals surface area contributed by atoms with Crippen LogP contribution in [-0.2, 0) is 42.5 Å². The number of methoxy groups -OCH3 is 6. The van der Waals surface area contributed by atoms with E-state index < -0.39 is 68.1 Å². The number of nitro groups is 3. The van der Waals surface area contributed by atoms with Gasteiger partial charge in [0.15, 0.2) is 0 Å². The van der Waals surface area contributed by atoms with Gasteiger partial charge in [0.2, 0.25) is 11.6 Å². The molecule has 2 aromatic heterocycles. The Morgan fingerprint density at radius 1 is 0.538 bits per heavy atom. The molecule has 31 heteroatoms. The monoisotopic (exact) mass is 1090 g/mol. The van der Waals surface area contributed by atoms with Crippen molar-refractivity contribution in [1.29, 1.82) is 0 Å². The molecule has 0 aliphatic heterocycles. The van der Waals surface area contributed by atoms with Crippen LogP contribution >= 0.6 is 0 Å². The van der Waals surface area contributed by atoms with E-state index in [1.165, 1.54) is 53.7 Å². The number of anilines is 1. The minimum atomic E-state index is -1.33. The Labute approximate surface area is 451 Å². The normalized spacial score (nSPS) is 9.69. The van der Waals surface area contributed by atoms with Crippen molar-refractivity contribution in [3.63, 3.8) is 0 Å². The average molecular weight is 1090 g/mol. The van der Waals surface area contributed by atoms with Crippen LogP contribution in [0.25, 0.3) is 22.1 Å². The largest absolute Gasteiger partial charge is 1.00 e. The van der Waals surface area contributed by atoms with Crippen molar-refractivity contribution in [2.75, 3.05) is 55.0 Å². The Morgan fingerprint density at radius 3 is 1.19 bits per heavy atom. The zero-order valence-corrected chi connectivity index (χ0v) is 43.1. The van der Waals surface area contributed by atoms with Crippen LogP contribution in [0.15, 0.2) is 104 Å². The van der Waals surface area contributed by atoms with Crippen LogP contribution in [0.2, 0.25) is 0 Å². The Kier molecular flexibility index (Phi) is 29.6. The number of carboxylic acid groups (broad SMARTS) is 2. The van der Waals surface area contributed by atoms with Crippen molar-refractivity contribution in [3.05, 3.63) is 173 Å². The second-order valence-corrected chi connectivity index (χ2v) is 14.3. The van der Waals surface area contributed by atoms with Gasteiger partial charge in [0.05, 0.1) is 98.6 Å². The summed E-state index contributed by atoms with van der Waals surface area (Å²) >= 11 is 0. The molecule has 0 radical (unpaired) electrons. The number of hydrogen-bond acceptors (Lipinski definition) is 21. The molecule has 0 spiro atoms. The number of esters is 3. The van der Waals surface area contributed by atoms with Gasteiger partial charge in [0, 0.05) is 60.7 Å². The van der Waals surface area contributed by atoms with Gasteiger partial charge < -0.3 is 58.6 Å². The van der Waals surface area contributed by atoms with Crippen molar-refractivity contribution in [2.24, 2.45) is 14.1 Å². The van der Waals surface area contributed by atoms with Crippen LogP contribution in [0.4, 0.5) is 31.5 Å². The second-order valence-electron chi connectivity index (χ2n) is 14.3. The fourth-order valence-electron chi connectivity index (χ4n) is 5.76. The van der Waals surface area contributed by atoms with Crippen LogP contribution in [0.5, 0.6) is 0 Å². The molecule has 2 heterocycles. The molecule has 0 unspecified atom stereocenters. The number of carbonyl (C=O) groups is 5. The van der Waals surface area contributed by atoms with E-state index in [9.17, 15) is 63.1 Å². The Bertz CT molecular complexity index is 3200. The molecular weight excluding hydrogens is 1040 g/mol. The van der Waals surface area contributed by atoms with Crippen molar-refractivity contribution < 1.29 is 110 Å². The molecule has 78 heavy (non-hydrogen) atoms. The summed E-state index contributed by atoms with van der Waals surface area (Å²) in [7, 11) is 13.6. The van der Waals surface area contributed by atoms with Gasteiger partial charge >= 0.3 is 60.1 Å². The molecule has 7 rings (SSSR count). The van der Waals surface area contributed by atoms with E-state index in [1.54, 1.807) is 50.0 Å². The number of carbonyl (C=O) groups excluding carboxylic acids is 3. The molecule has 0 fully saturated rings. The molecule has 0 amide bonds. The van der Waals surface area contributed by atoms with E-state index in [2.05, 4.69) is 43.7 Å². The molecule has 0 aliphatic carbocycles. The van der Waals surface area contributed by atoms with Gasteiger partial charge in [-0.3, -0.25) is 30.3 Å². The molecule has 0 aliphatic rings. The molecular formula is C47H49F2LiN8O20. The van der Waals surface area contributed by atoms with Crippen molar-refractivity contribution in [3.8, 4) is 0 Å². The maximum absolute atomic E-state index is 12.8. The summed E-state index contributed by atoms with van der Waals surface area (Å²) in [5.74, 6) is -5.96. The first kappa shape index (κ1) is 68.7. The maximum Gasteiger partial charge on any atom is 1.00 e. The van der Waals surface area contributed by atoms with Crippen LogP contribution in [0.1, 0.15) is 51.8 Å². The number of nitro benzene ring substituents is 3. The van der Waals surface area contributed by atoms with E-state index >= 15 is 0 Å². The number of rotatable bonds is 12. The molecule has 28 nitrogen and oxygen atoms in total. The van der Waals surface area contributed by atoms with E-state index in [0.717, 1.165) is 54.0 Å². The second kappa shape index (κ2) is 33.6. The number of imidazole rings is 2. The molecule has 0 atom stereocenters. The summed E-state index contributed by atoms with van der Waals surface area (Å²) in [4.78, 5) is 91.1. The first-order valence-corrected chi connectivity index (χ1v) is 20.9. The van der Waals surface area contributed by atoms with Crippen LogP contribution in [0, 0.1) is 42.0 Å². The fraction of sp³-hybridized carbons (Fsp3) is 0.213. The molecule has 0 saturated carbocycles. The van der Waals surface area contributed by atoms with Crippen molar-refractivity contribution in [2.45, 2.75) is 6.48 Å². The van der Waals surface area contributed by atoms with E-state index in [4.69, 9.17) is 10.2 Å². The first-order valence-electron chi connectivity index (χ1n) is 20.9. The molecule has 412 valence electrons. The number of benzene rings is 5. The Balaban J connectivity index is 0.000000917. The number of hydrogen-bond donors (Lipinski definition) is 3. The average Bonchev–Trinajstić information content (AvgIpc) is 3.99. The summed E-state index contributed by atoms with van der Waals surface area (Å²) in [5.41, 5.74) is 2.66. The maximum atomic E-state index is 12.8. The standard InChI is InChI=1S/C10H10N2O2.C9H10N2O4.C9H8N2O2.C8H6FNO4.C7H4FNO4.C4H10O3.Li.H2O/c1-12-6-11-8-5-7(10(13)14-2)3-4-9(8)12;1-10-7-4-3-6(9(12)15-2)5-8(7)11(13)14;1-11-5-10-7-4-6(9(12)13)2-3-8(7)11;1-14-8(11)5-2-3-6(9)7(4-5)10(12)13;8-5-2-1-4(7(10)11)3-6(5)9(12)13;1-5-4(6-2)7-3;;/h3-6H,1-2H3;3-5,10H,1-2H3;2-5H,1H3,(H,12,13);2-4H,1H3;1-3H,(H,10,11);4H,1-3H3;;1H2/q;;;;;;+1;/p-1. The quantitative estimate of drug-likeness (QED) is 0.0388. The van der Waals surface area contributed by atoms with Crippen molar-refractivity contribution >= 4 is 74.7 Å². The number of ether oxygens (including phenoxy) is 6. The first-order chi connectivity index (χ1) is 35.9. The third-order valence-corrected chi connectivity index (χ3v) is 9.53. The zero-order valence-electron chi connectivity index (χ0n) is 43.1. The predicted molar refractivity (Wildman–Crippen MR) is 265 cm³/mol. The third kappa shape index (κ3) is 20.1. The number of aryl methyl sites for hydroxylation is 2. The summed E-state index contributed by atoms with van der Waals surface area (Å²) in [6.45, 7) is -0.514.